The van der Waals surface area contributed by atoms with Crippen LogP contribution in [0.15, 0.2) is 85.0 Å². The van der Waals surface area contributed by atoms with E-state index in [9.17, 15) is 28.8 Å². The molecule has 0 heterocycles. The van der Waals surface area contributed by atoms with E-state index in [0.717, 1.165) is 51.4 Å². The molecule has 4 rings (SSSR count). The molecular formula is C49H57FO13. The molecule has 0 amide bonds. The van der Waals surface area contributed by atoms with Gasteiger partial charge in [0.1, 0.15) is 50.0 Å². The van der Waals surface area contributed by atoms with Crippen molar-refractivity contribution in [3.8, 4) is 28.0 Å². The molecule has 13 nitrogen and oxygen atoms in total. The third kappa shape index (κ3) is 14.4. The SMILES string of the molecule is C=C(C)C(=O)OCc1cc(-c2ccc(C3CCC(CCCCC)CC3)cc2F)ccc1-c1ccc(OCC(COC(=O)C(=C)C)(COC(=O)C(=O)OC)COC(=O)C(=O)OC)cc1. The van der Waals surface area contributed by atoms with E-state index in [1.807, 2.05) is 18.2 Å². The predicted octanol–water partition coefficient (Wildman–Crippen LogP) is 8.55. The molecule has 0 radical (unpaired) electrons. The fraction of sp³-hybridized carbons (Fsp3) is 0.429. The molecule has 14 heteroatoms. The van der Waals surface area contributed by atoms with Crippen LogP contribution >= 0.6 is 0 Å². The molecule has 1 aliphatic carbocycles. The van der Waals surface area contributed by atoms with E-state index >= 15 is 4.39 Å². The van der Waals surface area contributed by atoms with Crippen LogP contribution in [0.25, 0.3) is 22.3 Å². The molecule has 1 fully saturated rings. The fourth-order valence-electron chi connectivity index (χ4n) is 7.20. The van der Waals surface area contributed by atoms with Crippen molar-refractivity contribution in [3.05, 3.63) is 102 Å². The van der Waals surface area contributed by atoms with Gasteiger partial charge in [0.2, 0.25) is 0 Å². The number of benzene rings is 3. The Bertz CT molecular complexity index is 2100. The Labute approximate surface area is 367 Å². The molecule has 0 unspecified atom stereocenters. The lowest BCUT2D eigenvalue weighted by molar-refractivity contribution is -0.177. The smallest absolute Gasteiger partial charge is 0.417 e. The zero-order valence-electron chi connectivity index (χ0n) is 36.7. The number of rotatable bonds is 20. The molecule has 0 saturated heterocycles. The van der Waals surface area contributed by atoms with Gasteiger partial charge in [0.15, 0.2) is 0 Å². The second-order valence-electron chi connectivity index (χ2n) is 16.0. The Kier molecular flexibility index (Phi) is 18.6. The molecule has 1 saturated carbocycles. The summed E-state index contributed by atoms with van der Waals surface area (Å²) < 4.78 is 51.9. The summed E-state index contributed by atoms with van der Waals surface area (Å²) in [5.41, 5.74) is 2.56. The van der Waals surface area contributed by atoms with Gasteiger partial charge >= 0.3 is 35.8 Å². The Morgan fingerprint density at radius 3 is 1.71 bits per heavy atom. The van der Waals surface area contributed by atoms with Crippen LogP contribution in [-0.4, -0.2) is 76.5 Å². The Balaban J connectivity index is 1.59. The summed E-state index contributed by atoms with van der Waals surface area (Å²) in [5.74, 6) is -5.84. The van der Waals surface area contributed by atoms with Crippen LogP contribution in [0.5, 0.6) is 5.75 Å². The van der Waals surface area contributed by atoms with Crippen LogP contribution < -0.4 is 4.74 Å². The first kappa shape index (κ1) is 49.3. The number of hydrogen-bond acceptors (Lipinski definition) is 13. The zero-order valence-corrected chi connectivity index (χ0v) is 36.7. The normalized spacial score (nSPS) is 14.7. The lowest BCUT2D eigenvalue weighted by Gasteiger charge is -2.31. The predicted molar refractivity (Wildman–Crippen MR) is 230 cm³/mol. The highest BCUT2D eigenvalue weighted by Crippen LogP contribution is 2.40. The average Bonchev–Trinajstić information content (AvgIpc) is 3.29. The first-order chi connectivity index (χ1) is 30.1. The number of esters is 6. The summed E-state index contributed by atoms with van der Waals surface area (Å²) in [7, 11) is 1.95. The number of carbonyl (C=O) groups excluding carboxylic acids is 6. The van der Waals surface area contributed by atoms with Crippen molar-refractivity contribution in [2.24, 2.45) is 11.3 Å². The van der Waals surface area contributed by atoms with Crippen molar-refractivity contribution in [2.75, 3.05) is 40.6 Å². The molecule has 0 N–H and O–H groups in total. The van der Waals surface area contributed by atoms with Crippen molar-refractivity contribution in [3.63, 3.8) is 0 Å². The minimum Gasteiger partial charge on any atom is -0.493 e. The molecule has 63 heavy (non-hydrogen) atoms. The molecule has 3 aromatic rings. The van der Waals surface area contributed by atoms with Gasteiger partial charge in [0.25, 0.3) is 0 Å². The molecule has 338 valence electrons. The Morgan fingerprint density at radius 2 is 1.17 bits per heavy atom. The third-order valence-corrected chi connectivity index (χ3v) is 10.9. The van der Waals surface area contributed by atoms with Crippen LogP contribution in [-0.2, 0) is 63.8 Å². The number of halogens is 1. The summed E-state index contributed by atoms with van der Waals surface area (Å²) in [4.78, 5) is 73.2. The van der Waals surface area contributed by atoms with Crippen LogP contribution in [0, 0.1) is 17.2 Å². The van der Waals surface area contributed by atoms with E-state index < -0.39 is 67.7 Å². The molecular weight excluding hydrogens is 816 g/mol. The van der Waals surface area contributed by atoms with Crippen molar-refractivity contribution < 1.29 is 66.3 Å². The lowest BCUT2D eigenvalue weighted by atomic mass is 9.77. The van der Waals surface area contributed by atoms with Gasteiger partial charge < -0.3 is 33.2 Å². The molecule has 1 aliphatic rings. The van der Waals surface area contributed by atoms with E-state index in [1.54, 1.807) is 49.4 Å². The topological polar surface area (TPSA) is 167 Å². The molecule has 0 atom stereocenters. The first-order valence-corrected chi connectivity index (χ1v) is 20.9. The van der Waals surface area contributed by atoms with Crippen molar-refractivity contribution in [1.82, 2.24) is 0 Å². The Hall–Kier alpha value is -6.31. The second kappa shape index (κ2) is 23.8. The molecule has 0 spiro atoms. The maximum absolute atomic E-state index is 15.9. The monoisotopic (exact) mass is 872 g/mol. The quantitative estimate of drug-likeness (QED) is 0.0349. The highest BCUT2D eigenvalue weighted by Gasteiger charge is 2.39. The van der Waals surface area contributed by atoms with Crippen LogP contribution in [0.2, 0.25) is 0 Å². The summed E-state index contributed by atoms with van der Waals surface area (Å²) in [5, 5.41) is 0. The average molecular weight is 873 g/mol. The standard InChI is InChI=1S/C49H57FO13/c1-8-9-10-11-33-12-14-34(15-13-33)36-18-23-41(42(50)25-36)37-19-22-40(38(24-37)26-59-43(51)31(2)3)35-16-20-39(21-17-35)60-27-49(28-61-44(52)32(4)5,29-62-47(55)45(53)57-6)30-63-48(56)46(54)58-7/h16-25,33-34H,2,4,8-15,26-30H2,1,3,5-7H3. The van der Waals surface area contributed by atoms with Gasteiger partial charge in [-0.1, -0.05) is 82.2 Å². The second-order valence-corrected chi connectivity index (χ2v) is 16.0. The lowest BCUT2D eigenvalue weighted by Crippen LogP contribution is -2.45. The minimum absolute atomic E-state index is 0.0315. The third-order valence-electron chi connectivity index (χ3n) is 10.9. The highest BCUT2D eigenvalue weighted by molar-refractivity contribution is 6.30. The number of carbonyl (C=O) groups is 6. The van der Waals surface area contributed by atoms with E-state index in [0.29, 0.717) is 33.7 Å². The van der Waals surface area contributed by atoms with Gasteiger partial charge in [-0.15, -0.1) is 0 Å². The van der Waals surface area contributed by atoms with E-state index in [4.69, 9.17) is 23.7 Å². The minimum atomic E-state index is -1.67. The number of ether oxygens (including phenoxy) is 7. The van der Waals surface area contributed by atoms with Crippen LogP contribution in [0.3, 0.4) is 0 Å². The number of hydrogen-bond donors (Lipinski definition) is 0. The van der Waals surface area contributed by atoms with Gasteiger partial charge in [-0.3, -0.25) is 0 Å². The van der Waals surface area contributed by atoms with Crippen molar-refractivity contribution in [2.45, 2.75) is 84.7 Å². The molecule has 0 aromatic heterocycles. The van der Waals surface area contributed by atoms with Gasteiger partial charge in [0, 0.05) is 16.7 Å². The van der Waals surface area contributed by atoms with Crippen LogP contribution in [0.4, 0.5) is 4.39 Å². The molecule has 0 bridgehead atoms. The van der Waals surface area contributed by atoms with E-state index in [2.05, 4.69) is 29.6 Å². The van der Waals surface area contributed by atoms with Gasteiger partial charge in [-0.2, -0.15) is 0 Å². The maximum atomic E-state index is 15.9. The fourth-order valence-corrected chi connectivity index (χ4v) is 7.20. The van der Waals surface area contributed by atoms with Gasteiger partial charge in [-0.05, 0) is 103 Å². The van der Waals surface area contributed by atoms with E-state index in [1.165, 1.54) is 32.6 Å². The summed E-state index contributed by atoms with van der Waals surface area (Å²) in [6.07, 6.45) is 9.45. The van der Waals surface area contributed by atoms with E-state index in [-0.39, 0.29) is 29.3 Å². The first-order valence-electron chi connectivity index (χ1n) is 20.9. The zero-order chi connectivity index (χ0) is 46.1. The van der Waals surface area contributed by atoms with Crippen LogP contribution in [0.1, 0.15) is 89.2 Å². The summed E-state index contributed by atoms with van der Waals surface area (Å²) in [6, 6.07) is 17.5. The van der Waals surface area contributed by atoms with Gasteiger partial charge in [-0.25, -0.2) is 33.2 Å². The summed E-state index contributed by atoms with van der Waals surface area (Å²) >= 11 is 0. The molecule has 0 aliphatic heterocycles. The Morgan fingerprint density at radius 1 is 0.635 bits per heavy atom. The summed E-state index contributed by atoms with van der Waals surface area (Å²) in [6.45, 7) is 9.83. The molecule has 3 aromatic carbocycles. The maximum Gasteiger partial charge on any atom is 0.417 e. The van der Waals surface area contributed by atoms with Crippen molar-refractivity contribution in [1.29, 1.82) is 0 Å². The van der Waals surface area contributed by atoms with Crippen molar-refractivity contribution >= 4 is 35.8 Å². The van der Waals surface area contributed by atoms with Gasteiger partial charge in [0.05, 0.1) is 14.2 Å². The highest BCUT2D eigenvalue weighted by atomic mass is 19.1. The number of methoxy groups -OCH3 is 2. The largest absolute Gasteiger partial charge is 0.493 e. The number of unbranched alkanes of at least 4 members (excludes halogenated alkanes) is 2.